The first kappa shape index (κ1) is 14.7. The molecule has 3 aromatic rings. The van der Waals surface area contributed by atoms with Crippen LogP contribution >= 0.6 is 0 Å². The lowest BCUT2D eigenvalue weighted by atomic mass is 10.2. The molecule has 1 aliphatic rings. The average Bonchev–Trinajstić information content (AvgIpc) is 2.68. The second-order valence-corrected chi connectivity index (χ2v) is 5.84. The molecular formula is C18H20N6. The second-order valence-electron chi connectivity index (χ2n) is 5.84. The Morgan fingerprint density at radius 3 is 2.00 bits per heavy atom. The van der Waals surface area contributed by atoms with Crippen molar-refractivity contribution < 1.29 is 0 Å². The van der Waals surface area contributed by atoms with Gasteiger partial charge in [0, 0.05) is 31.9 Å². The Balaban J connectivity index is 1.58. The molecule has 6 nitrogen and oxygen atoms in total. The standard InChI is InChI=1S/C18H20N6/c19-22-17-18(21-16-9-5-4-8-15(16)20-17)24-12-10-23(11-13-24)14-6-2-1-3-7-14/h1-9H,10-13,19H2,(H,20,22). The summed E-state index contributed by atoms with van der Waals surface area (Å²) in [5.74, 6) is 7.13. The van der Waals surface area contributed by atoms with Gasteiger partial charge < -0.3 is 15.2 Å². The van der Waals surface area contributed by atoms with Crippen molar-refractivity contribution in [2.75, 3.05) is 41.4 Å². The van der Waals surface area contributed by atoms with Crippen LogP contribution in [0.4, 0.5) is 17.3 Å². The Morgan fingerprint density at radius 1 is 0.750 bits per heavy atom. The van der Waals surface area contributed by atoms with Crippen LogP contribution in [0.5, 0.6) is 0 Å². The van der Waals surface area contributed by atoms with Gasteiger partial charge in [0.15, 0.2) is 11.6 Å². The summed E-state index contributed by atoms with van der Waals surface area (Å²) >= 11 is 0. The Hall–Kier alpha value is -2.86. The summed E-state index contributed by atoms with van der Waals surface area (Å²) in [5, 5.41) is 0. The lowest BCUT2D eigenvalue weighted by Crippen LogP contribution is -2.47. The third-order valence-corrected chi connectivity index (χ3v) is 4.39. The molecule has 24 heavy (non-hydrogen) atoms. The van der Waals surface area contributed by atoms with Gasteiger partial charge in [0.2, 0.25) is 0 Å². The van der Waals surface area contributed by atoms with Crippen molar-refractivity contribution in [1.29, 1.82) is 0 Å². The number of nitrogens with zero attached hydrogens (tertiary/aromatic N) is 4. The lowest BCUT2D eigenvalue weighted by molar-refractivity contribution is 0.648. The summed E-state index contributed by atoms with van der Waals surface area (Å²) in [4.78, 5) is 14.0. The van der Waals surface area contributed by atoms with Gasteiger partial charge in [-0.25, -0.2) is 15.8 Å². The molecule has 0 amide bonds. The highest BCUT2D eigenvalue weighted by molar-refractivity contribution is 5.80. The van der Waals surface area contributed by atoms with E-state index in [0.717, 1.165) is 43.0 Å². The van der Waals surface area contributed by atoms with Gasteiger partial charge in [-0.05, 0) is 24.3 Å². The fourth-order valence-electron chi connectivity index (χ4n) is 3.12. The van der Waals surface area contributed by atoms with E-state index in [1.165, 1.54) is 5.69 Å². The van der Waals surface area contributed by atoms with E-state index in [1.54, 1.807) is 0 Å². The molecule has 1 aromatic heterocycles. The normalized spacial score (nSPS) is 14.9. The molecule has 2 heterocycles. The van der Waals surface area contributed by atoms with Crippen LogP contribution in [0.25, 0.3) is 11.0 Å². The molecule has 0 atom stereocenters. The Kier molecular flexibility index (Phi) is 3.88. The van der Waals surface area contributed by atoms with Crippen LogP contribution in [-0.4, -0.2) is 36.1 Å². The number of hydrazine groups is 1. The number of fused-ring (bicyclic) bond motifs is 1. The highest BCUT2D eigenvalue weighted by Gasteiger charge is 2.21. The number of rotatable bonds is 3. The Bertz CT molecular complexity index is 827. The van der Waals surface area contributed by atoms with E-state index in [0.29, 0.717) is 5.82 Å². The van der Waals surface area contributed by atoms with Crippen LogP contribution in [-0.2, 0) is 0 Å². The molecular weight excluding hydrogens is 300 g/mol. The van der Waals surface area contributed by atoms with E-state index in [4.69, 9.17) is 10.8 Å². The highest BCUT2D eigenvalue weighted by Crippen LogP contribution is 2.26. The molecule has 1 fully saturated rings. The molecule has 4 rings (SSSR count). The van der Waals surface area contributed by atoms with Crippen molar-refractivity contribution in [2.24, 2.45) is 5.84 Å². The zero-order valence-corrected chi connectivity index (χ0v) is 13.4. The SMILES string of the molecule is NNc1nc2ccccc2nc1N1CCN(c2ccccc2)CC1. The lowest BCUT2D eigenvalue weighted by Gasteiger charge is -2.37. The van der Waals surface area contributed by atoms with Gasteiger partial charge in [-0.1, -0.05) is 30.3 Å². The number of nitrogens with one attached hydrogen (secondary N) is 1. The zero-order valence-electron chi connectivity index (χ0n) is 13.4. The van der Waals surface area contributed by atoms with E-state index >= 15 is 0 Å². The van der Waals surface area contributed by atoms with Crippen molar-refractivity contribution >= 4 is 28.4 Å². The average molecular weight is 320 g/mol. The maximum atomic E-state index is 5.68. The molecule has 122 valence electrons. The number of anilines is 3. The Labute approximate surface area is 140 Å². The minimum atomic E-state index is 0.627. The van der Waals surface area contributed by atoms with Crippen molar-refractivity contribution in [3.05, 3.63) is 54.6 Å². The van der Waals surface area contributed by atoms with Gasteiger partial charge in [0.1, 0.15) is 0 Å². The maximum absolute atomic E-state index is 5.68. The number of para-hydroxylation sites is 3. The molecule has 0 bridgehead atoms. The van der Waals surface area contributed by atoms with Crippen LogP contribution in [0.1, 0.15) is 0 Å². The number of hydrogen-bond acceptors (Lipinski definition) is 6. The van der Waals surface area contributed by atoms with Crippen LogP contribution in [0.15, 0.2) is 54.6 Å². The molecule has 0 unspecified atom stereocenters. The minimum absolute atomic E-state index is 0.627. The summed E-state index contributed by atoms with van der Waals surface area (Å²) < 4.78 is 0. The number of aromatic nitrogens is 2. The molecule has 2 aromatic carbocycles. The van der Waals surface area contributed by atoms with Crippen molar-refractivity contribution in [3.8, 4) is 0 Å². The van der Waals surface area contributed by atoms with Gasteiger partial charge in [0.25, 0.3) is 0 Å². The topological polar surface area (TPSA) is 70.3 Å². The van der Waals surface area contributed by atoms with E-state index < -0.39 is 0 Å². The summed E-state index contributed by atoms with van der Waals surface area (Å²) in [6.45, 7) is 3.66. The molecule has 0 aliphatic carbocycles. The van der Waals surface area contributed by atoms with Gasteiger partial charge in [-0.15, -0.1) is 0 Å². The van der Waals surface area contributed by atoms with E-state index in [2.05, 4.69) is 44.5 Å². The summed E-state index contributed by atoms with van der Waals surface area (Å²) in [6, 6.07) is 18.4. The summed E-state index contributed by atoms with van der Waals surface area (Å²) in [5.41, 5.74) is 5.69. The molecule has 1 aliphatic heterocycles. The van der Waals surface area contributed by atoms with Crippen molar-refractivity contribution in [2.45, 2.75) is 0 Å². The number of piperazine rings is 1. The van der Waals surface area contributed by atoms with Gasteiger partial charge >= 0.3 is 0 Å². The largest absolute Gasteiger partial charge is 0.368 e. The molecule has 6 heteroatoms. The monoisotopic (exact) mass is 320 g/mol. The maximum Gasteiger partial charge on any atom is 0.184 e. The van der Waals surface area contributed by atoms with E-state index in [-0.39, 0.29) is 0 Å². The number of nitrogen functional groups attached to an aromatic ring is 1. The van der Waals surface area contributed by atoms with Crippen LogP contribution in [0.3, 0.4) is 0 Å². The first-order chi connectivity index (χ1) is 11.8. The number of nitrogens with two attached hydrogens (primary N) is 1. The van der Waals surface area contributed by atoms with E-state index in [1.807, 2.05) is 30.3 Å². The highest BCUT2D eigenvalue weighted by atomic mass is 15.3. The Morgan fingerprint density at radius 2 is 1.33 bits per heavy atom. The molecule has 3 N–H and O–H groups in total. The first-order valence-electron chi connectivity index (χ1n) is 8.13. The molecule has 0 saturated carbocycles. The number of benzene rings is 2. The van der Waals surface area contributed by atoms with Crippen LogP contribution in [0, 0.1) is 0 Å². The van der Waals surface area contributed by atoms with E-state index in [9.17, 15) is 0 Å². The minimum Gasteiger partial charge on any atom is -0.368 e. The predicted molar refractivity (Wildman–Crippen MR) is 98.2 cm³/mol. The summed E-state index contributed by atoms with van der Waals surface area (Å²) in [6.07, 6.45) is 0. The van der Waals surface area contributed by atoms with Gasteiger partial charge in [-0.3, -0.25) is 0 Å². The van der Waals surface area contributed by atoms with Gasteiger partial charge in [0.05, 0.1) is 11.0 Å². The smallest absolute Gasteiger partial charge is 0.184 e. The van der Waals surface area contributed by atoms with Crippen LogP contribution in [0.2, 0.25) is 0 Å². The second kappa shape index (κ2) is 6.33. The first-order valence-corrected chi connectivity index (χ1v) is 8.13. The quantitative estimate of drug-likeness (QED) is 0.570. The fourth-order valence-corrected chi connectivity index (χ4v) is 3.12. The van der Waals surface area contributed by atoms with Crippen molar-refractivity contribution in [1.82, 2.24) is 9.97 Å². The predicted octanol–water partition coefficient (Wildman–Crippen LogP) is 2.24. The summed E-state index contributed by atoms with van der Waals surface area (Å²) in [7, 11) is 0. The molecule has 0 radical (unpaired) electrons. The molecule has 1 saturated heterocycles. The third kappa shape index (κ3) is 2.72. The fraction of sp³-hybridized carbons (Fsp3) is 0.222. The molecule has 0 spiro atoms. The third-order valence-electron chi connectivity index (χ3n) is 4.39. The van der Waals surface area contributed by atoms with Crippen LogP contribution < -0.4 is 21.1 Å². The zero-order chi connectivity index (χ0) is 16.4. The number of hydrogen-bond donors (Lipinski definition) is 2. The van der Waals surface area contributed by atoms with Crippen molar-refractivity contribution in [3.63, 3.8) is 0 Å². The van der Waals surface area contributed by atoms with Gasteiger partial charge in [-0.2, -0.15) is 0 Å².